The van der Waals surface area contributed by atoms with Crippen LogP contribution in [0.5, 0.6) is 5.75 Å². The second-order valence-electron chi connectivity index (χ2n) is 10.0. The summed E-state index contributed by atoms with van der Waals surface area (Å²) in [5.41, 5.74) is 1.06. The molecule has 1 aromatic heterocycles. The Bertz CT molecular complexity index is 1010. The first-order valence-corrected chi connectivity index (χ1v) is 12.3. The Labute approximate surface area is 180 Å². The number of ether oxygens (including phenoxy) is 1. The van der Waals surface area contributed by atoms with Crippen molar-refractivity contribution in [2.75, 3.05) is 32.7 Å². The van der Waals surface area contributed by atoms with Crippen molar-refractivity contribution < 1.29 is 9.53 Å². The van der Waals surface area contributed by atoms with E-state index in [-0.39, 0.29) is 11.9 Å². The highest BCUT2D eigenvalue weighted by Gasteiger charge is 2.64. The summed E-state index contributed by atoms with van der Waals surface area (Å²) >= 11 is 1.41. The summed E-state index contributed by atoms with van der Waals surface area (Å²) in [5, 5.41) is 4.23. The normalized spacial score (nSPS) is 39.1. The first-order chi connectivity index (χ1) is 14.7. The van der Waals surface area contributed by atoms with Gasteiger partial charge in [0.05, 0.1) is 4.70 Å². The van der Waals surface area contributed by atoms with Crippen LogP contribution in [0.15, 0.2) is 18.2 Å². The predicted molar refractivity (Wildman–Crippen MR) is 116 cm³/mol. The van der Waals surface area contributed by atoms with Crippen LogP contribution < -0.4 is 10.1 Å². The lowest BCUT2D eigenvalue weighted by atomic mass is 9.61. The molecule has 4 atom stereocenters. The van der Waals surface area contributed by atoms with Crippen LogP contribution in [0.25, 0.3) is 10.1 Å². The van der Waals surface area contributed by atoms with Gasteiger partial charge in [0.15, 0.2) is 0 Å². The van der Waals surface area contributed by atoms with Crippen LogP contribution >= 0.6 is 11.5 Å². The molecule has 6 heterocycles. The minimum absolute atomic E-state index is 0.0229. The summed E-state index contributed by atoms with van der Waals surface area (Å²) in [6.45, 7) is 5.65. The van der Waals surface area contributed by atoms with Crippen LogP contribution in [-0.4, -0.2) is 70.5 Å². The van der Waals surface area contributed by atoms with E-state index in [0.29, 0.717) is 29.2 Å². The molecule has 8 rings (SSSR count). The Hall–Kier alpha value is -1.70. The number of carbonyl (C=O) groups is 1. The van der Waals surface area contributed by atoms with Gasteiger partial charge < -0.3 is 15.0 Å². The van der Waals surface area contributed by atoms with Gasteiger partial charge in [0.2, 0.25) is 0 Å². The molecule has 3 unspecified atom stereocenters. The number of rotatable bonds is 4. The van der Waals surface area contributed by atoms with Crippen molar-refractivity contribution >= 4 is 27.5 Å². The highest BCUT2D eigenvalue weighted by atomic mass is 32.1. The quantitative estimate of drug-likeness (QED) is 0.818. The first kappa shape index (κ1) is 17.9. The third kappa shape index (κ3) is 2.49. The first-order valence-electron chi connectivity index (χ1n) is 11.5. The topological polar surface area (TPSA) is 57.7 Å². The number of hydrogen-bond acceptors (Lipinski definition) is 6. The summed E-state index contributed by atoms with van der Waals surface area (Å²) in [4.78, 5) is 18.1. The van der Waals surface area contributed by atoms with Gasteiger partial charge in [-0.05, 0) is 80.8 Å². The standard InChI is InChI=1S/C23H28N4O2S/c28-22(24-18-12-26-8-4-14(18)5-9-26)21-16-2-1-15(11-20(16)30-25-21)29-19-13-27-10-7-23(27)6-3-17(19)23/h1-2,11,14,17-19H,3-10,12-13H2,(H,24,28)/t17?,18-,19?,23?/m0/s1. The zero-order chi connectivity index (χ0) is 19.9. The lowest BCUT2D eigenvalue weighted by molar-refractivity contribution is -0.0735. The molecule has 7 heteroatoms. The molecule has 6 nitrogen and oxygen atoms in total. The van der Waals surface area contributed by atoms with Gasteiger partial charge in [0.25, 0.3) is 5.91 Å². The molecule has 5 aliphatic heterocycles. The number of aromatic nitrogens is 1. The number of amides is 1. The zero-order valence-electron chi connectivity index (χ0n) is 17.2. The third-order valence-corrected chi connectivity index (χ3v) is 9.60. The Morgan fingerprint density at radius 2 is 2.07 bits per heavy atom. The van der Waals surface area contributed by atoms with E-state index >= 15 is 0 Å². The van der Waals surface area contributed by atoms with E-state index < -0.39 is 0 Å². The Kier molecular flexibility index (Phi) is 3.83. The second kappa shape index (κ2) is 6.40. The highest BCUT2D eigenvalue weighted by Crippen LogP contribution is 2.58. The van der Waals surface area contributed by atoms with Crippen molar-refractivity contribution in [2.45, 2.75) is 49.8 Å². The Morgan fingerprint density at radius 3 is 2.73 bits per heavy atom. The number of carbonyl (C=O) groups excluding carboxylic acids is 1. The van der Waals surface area contributed by atoms with Gasteiger partial charge >= 0.3 is 0 Å². The van der Waals surface area contributed by atoms with Crippen molar-refractivity contribution in [3.8, 4) is 5.75 Å². The number of benzene rings is 1. The molecule has 1 aliphatic carbocycles. The van der Waals surface area contributed by atoms with E-state index in [4.69, 9.17) is 4.74 Å². The average Bonchev–Trinajstić information content (AvgIpc) is 3.19. The zero-order valence-corrected chi connectivity index (χ0v) is 18.0. The predicted octanol–water partition coefficient (Wildman–Crippen LogP) is 2.74. The molecule has 1 spiro atoms. The molecular weight excluding hydrogens is 396 g/mol. The SMILES string of the molecule is O=C(N[C@H]1CN2CCC1CC2)c1nsc2cc(OC3CN4CCC45CCC35)ccc12. The summed E-state index contributed by atoms with van der Waals surface area (Å²) in [6, 6.07) is 6.41. The molecule has 0 radical (unpaired) electrons. The highest BCUT2D eigenvalue weighted by molar-refractivity contribution is 7.13. The summed E-state index contributed by atoms with van der Waals surface area (Å²) in [6.07, 6.45) is 6.71. The van der Waals surface area contributed by atoms with Crippen LogP contribution in [0.4, 0.5) is 0 Å². The van der Waals surface area contributed by atoms with Crippen LogP contribution in [0.3, 0.4) is 0 Å². The van der Waals surface area contributed by atoms with E-state index in [2.05, 4.69) is 25.6 Å². The van der Waals surface area contributed by atoms with Crippen molar-refractivity contribution in [1.82, 2.24) is 19.5 Å². The molecule has 30 heavy (non-hydrogen) atoms. The summed E-state index contributed by atoms with van der Waals surface area (Å²) in [5.74, 6) is 2.22. The molecule has 5 saturated heterocycles. The Balaban J connectivity index is 1.08. The lowest BCUT2D eigenvalue weighted by Crippen LogP contribution is -2.63. The maximum Gasteiger partial charge on any atom is 0.271 e. The van der Waals surface area contributed by atoms with Gasteiger partial charge in [-0.2, -0.15) is 4.37 Å². The van der Waals surface area contributed by atoms with Crippen LogP contribution in [0, 0.1) is 11.8 Å². The minimum Gasteiger partial charge on any atom is -0.489 e. The maximum absolute atomic E-state index is 13.0. The van der Waals surface area contributed by atoms with E-state index in [1.807, 2.05) is 12.1 Å². The molecule has 1 saturated carbocycles. The van der Waals surface area contributed by atoms with E-state index in [0.717, 1.165) is 28.9 Å². The monoisotopic (exact) mass is 424 g/mol. The molecule has 2 aromatic rings. The average molecular weight is 425 g/mol. The summed E-state index contributed by atoms with van der Waals surface area (Å²) in [7, 11) is 0. The molecule has 6 fully saturated rings. The van der Waals surface area contributed by atoms with Crippen molar-refractivity contribution in [3.05, 3.63) is 23.9 Å². The molecule has 1 aromatic carbocycles. The fourth-order valence-corrected chi connectivity index (χ4v) is 7.67. The number of nitrogens with one attached hydrogen (secondary N) is 1. The van der Waals surface area contributed by atoms with E-state index in [9.17, 15) is 4.79 Å². The summed E-state index contributed by atoms with van der Waals surface area (Å²) < 4.78 is 12.0. The van der Waals surface area contributed by atoms with Gasteiger partial charge in [-0.25, -0.2) is 0 Å². The van der Waals surface area contributed by atoms with Crippen LogP contribution in [-0.2, 0) is 0 Å². The number of fused-ring (bicyclic) bond motifs is 4. The van der Waals surface area contributed by atoms with Crippen molar-refractivity contribution in [3.63, 3.8) is 0 Å². The van der Waals surface area contributed by atoms with Gasteiger partial charge in [-0.1, -0.05) is 0 Å². The fraction of sp³-hybridized carbons (Fsp3) is 0.652. The maximum atomic E-state index is 13.0. The number of piperidine rings is 3. The third-order valence-electron chi connectivity index (χ3n) is 8.79. The van der Waals surface area contributed by atoms with Crippen LogP contribution in [0.1, 0.15) is 42.6 Å². The van der Waals surface area contributed by atoms with E-state index in [1.165, 1.54) is 63.3 Å². The fourth-order valence-electron chi connectivity index (χ4n) is 6.87. The molecule has 6 aliphatic rings. The van der Waals surface area contributed by atoms with Crippen LogP contribution in [0.2, 0.25) is 0 Å². The van der Waals surface area contributed by atoms with Gasteiger partial charge in [0, 0.05) is 42.5 Å². The van der Waals surface area contributed by atoms with E-state index in [1.54, 1.807) is 0 Å². The smallest absolute Gasteiger partial charge is 0.271 e. The van der Waals surface area contributed by atoms with Gasteiger partial charge in [-0.15, -0.1) is 0 Å². The van der Waals surface area contributed by atoms with Gasteiger partial charge in [0.1, 0.15) is 17.5 Å². The molecular formula is C23H28N4O2S. The molecule has 2 bridgehead atoms. The molecule has 158 valence electrons. The second-order valence-corrected chi connectivity index (χ2v) is 10.8. The lowest BCUT2D eigenvalue weighted by Gasteiger charge is -2.57. The number of nitrogens with zero attached hydrogens (tertiary/aromatic N) is 3. The molecule has 1 amide bonds. The minimum atomic E-state index is -0.0229. The van der Waals surface area contributed by atoms with Crippen molar-refractivity contribution in [1.29, 1.82) is 0 Å². The van der Waals surface area contributed by atoms with Gasteiger partial charge in [-0.3, -0.25) is 9.69 Å². The Morgan fingerprint density at radius 1 is 1.17 bits per heavy atom. The molecule has 1 N–H and O–H groups in total. The van der Waals surface area contributed by atoms with Crippen molar-refractivity contribution in [2.24, 2.45) is 11.8 Å². The largest absolute Gasteiger partial charge is 0.489 e. The number of hydrogen-bond donors (Lipinski definition) is 1.